The molecule has 1 N–H and O–H groups in total. The van der Waals surface area contributed by atoms with Gasteiger partial charge in [0.15, 0.2) is 0 Å². The smallest absolute Gasteiger partial charge is 0.313 e. The highest BCUT2D eigenvalue weighted by molar-refractivity contribution is 5.81. The Hall–Kier alpha value is -2.09. The maximum atomic E-state index is 11.4. The van der Waals surface area contributed by atoms with Gasteiger partial charge in [0.2, 0.25) is 0 Å². The van der Waals surface area contributed by atoms with E-state index in [0.29, 0.717) is 0 Å². The summed E-state index contributed by atoms with van der Waals surface area (Å²) in [6, 6.07) is 14.0. The fourth-order valence-corrected chi connectivity index (χ4v) is 2.26. The summed E-state index contributed by atoms with van der Waals surface area (Å²) in [6.07, 6.45) is 0. The predicted octanol–water partition coefficient (Wildman–Crippen LogP) is 4.33. The summed E-state index contributed by atoms with van der Waals surface area (Å²) >= 11 is 0. The summed E-state index contributed by atoms with van der Waals surface area (Å²) in [5, 5.41) is 9.35. The van der Waals surface area contributed by atoms with E-state index in [1.807, 2.05) is 30.3 Å². The van der Waals surface area contributed by atoms with Crippen molar-refractivity contribution >= 4 is 5.97 Å². The molecule has 0 aliphatic carbocycles. The van der Waals surface area contributed by atoms with Gasteiger partial charge in [0.25, 0.3) is 0 Å². The SMILES string of the molecule is Cc1cccc(-c2cccc(C(C)(C)C(=O)O)c2)c1C. The Bertz CT molecular complexity index is 654. The second-order valence-corrected chi connectivity index (χ2v) is 5.76. The van der Waals surface area contributed by atoms with Gasteiger partial charge in [0.1, 0.15) is 0 Å². The molecule has 0 aromatic heterocycles. The Balaban J connectivity index is 2.56. The van der Waals surface area contributed by atoms with Crippen molar-refractivity contribution in [2.24, 2.45) is 0 Å². The molecular weight excluding hydrogens is 248 g/mol. The van der Waals surface area contributed by atoms with Crippen LogP contribution in [0.1, 0.15) is 30.5 Å². The van der Waals surface area contributed by atoms with Crippen LogP contribution in [0.3, 0.4) is 0 Å². The van der Waals surface area contributed by atoms with E-state index in [-0.39, 0.29) is 0 Å². The molecule has 0 fully saturated rings. The lowest BCUT2D eigenvalue weighted by Gasteiger charge is -2.21. The summed E-state index contributed by atoms with van der Waals surface area (Å²) in [6.45, 7) is 7.65. The molecule has 2 rings (SSSR count). The van der Waals surface area contributed by atoms with Gasteiger partial charge in [0, 0.05) is 0 Å². The third-order valence-corrected chi connectivity index (χ3v) is 4.03. The molecule has 2 aromatic carbocycles. The minimum Gasteiger partial charge on any atom is -0.481 e. The van der Waals surface area contributed by atoms with Gasteiger partial charge < -0.3 is 5.11 Å². The number of hydrogen-bond acceptors (Lipinski definition) is 1. The second-order valence-electron chi connectivity index (χ2n) is 5.76. The fourth-order valence-electron chi connectivity index (χ4n) is 2.26. The maximum Gasteiger partial charge on any atom is 0.313 e. The molecule has 0 aliphatic heterocycles. The molecule has 2 heteroatoms. The lowest BCUT2D eigenvalue weighted by molar-refractivity contribution is -0.142. The molecule has 20 heavy (non-hydrogen) atoms. The van der Waals surface area contributed by atoms with Crippen molar-refractivity contribution in [2.45, 2.75) is 33.1 Å². The fraction of sp³-hybridized carbons (Fsp3) is 0.278. The molecule has 2 aromatic rings. The van der Waals surface area contributed by atoms with E-state index in [2.05, 4.69) is 26.0 Å². The third-order valence-electron chi connectivity index (χ3n) is 4.03. The first-order valence-corrected chi connectivity index (χ1v) is 6.74. The Kier molecular flexibility index (Phi) is 3.67. The maximum absolute atomic E-state index is 11.4. The minimum absolute atomic E-state index is 0.810. The third kappa shape index (κ3) is 2.46. The Labute approximate surface area is 120 Å². The molecule has 0 atom stereocenters. The van der Waals surface area contributed by atoms with Crippen molar-refractivity contribution in [3.63, 3.8) is 0 Å². The van der Waals surface area contributed by atoms with E-state index in [1.165, 1.54) is 11.1 Å². The summed E-state index contributed by atoms with van der Waals surface area (Å²) in [4.78, 5) is 11.4. The van der Waals surface area contributed by atoms with Crippen molar-refractivity contribution in [1.29, 1.82) is 0 Å². The van der Waals surface area contributed by atoms with Crippen LogP contribution in [0.5, 0.6) is 0 Å². The zero-order valence-corrected chi connectivity index (χ0v) is 12.4. The average Bonchev–Trinajstić information content (AvgIpc) is 2.42. The molecule has 0 amide bonds. The molecule has 0 heterocycles. The average molecular weight is 268 g/mol. The van der Waals surface area contributed by atoms with Crippen molar-refractivity contribution < 1.29 is 9.90 Å². The van der Waals surface area contributed by atoms with Gasteiger partial charge in [-0.3, -0.25) is 4.79 Å². The zero-order chi connectivity index (χ0) is 14.9. The number of carboxylic acid groups (broad SMARTS) is 1. The van der Waals surface area contributed by atoms with Gasteiger partial charge in [-0.15, -0.1) is 0 Å². The van der Waals surface area contributed by atoms with Crippen LogP contribution < -0.4 is 0 Å². The summed E-state index contributed by atoms with van der Waals surface area (Å²) in [7, 11) is 0. The largest absolute Gasteiger partial charge is 0.481 e. The van der Waals surface area contributed by atoms with E-state index in [1.54, 1.807) is 13.8 Å². The van der Waals surface area contributed by atoms with E-state index in [9.17, 15) is 9.90 Å². The van der Waals surface area contributed by atoms with Crippen LogP contribution in [-0.4, -0.2) is 11.1 Å². The van der Waals surface area contributed by atoms with Crippen LogP contribution in [0.2, 0.25) is 0 Å². The van der Waals surface area contributed by atoms with Crippen molar-refractivity contribution in [2.75, 3.05) is 0 Å². The first-order valence-electron chi connectivity index (χ1n) is 6.74. The molecular formula is C18H20O2. The molecule has 104 valence electrons. The zero-order valence-electron chi connectivity index (χ0n) is 12.4. The van der Waals surface area contributed by atoms with Gasteiger partial charge in [0.05, 0.1) is 5.41 Å². The highest BCUT2D eigenvalue weighted by Gasteiger charge is 2.29. The second kappa shape index (κ2) is 5.12. The van der Waals surface area contributed by atoms with Crippen molar-refractivity contribution in [3.05, 3.63) is 59.2 Å². The van der Waals surface area contributed by atoms with Crippen LogP contribution in [0.4, 0.5) is 0 Å². The summed E-state index contributed by atoms with van der Waals surface area (Å²) in [5.74, 6) is -0.810. The molecule has 0 aliphatic rings. The van der Waals surface area contributed by atoms with E-state index >= 15 is 0 Å². The topological polar surface area (TPSA) is 37.3 Å². The number of hydrogen-bond donors (Lipinski definition) is 1. The number of benzene rings is 2. The Morgan fingerprint density at radius 1 is 1.05 bits per heavy atom. The number of carboxylic acids is 1. The van der Waals surface area contributed by atoms with Gasteiger partial charge >= 0.3 is 5.97 Å². The predicted molar refractivity (Wildman–Crippen MR) is 82.0 cm³/mol. The molecule has 0 bridgehead atoms. The van der Waals surface area contributed by atoms with E-state index in [0.717, 1.165) is 16.7 Å². The van der Waals surface area contributed by atoms with Crippen LogP contribution in [-0.2, 0) is 10.2 Å². The van der Waals surface area contributed by atoms with E-state index < -0.39 is 11.4 Å². The van der Waals surface area contributed by atoms with Gasteiger partial charge in [-0.1, -0.05) is 42.5 Å². The molecule has 0 radical (unpaired) electrons. The lowest BCUT2D eigenvalue weighted by atomic mass is 9.83. The standard InChI is InChI=1S/C18H20O2/c1-12-7-5-10-16(13(12)2)14-8-6-9-15(11-14)18(3,4)17(19)20/h5-11H,1-4H3,(H,19,20). The monoisotopic (exact) mass is 268 g/mol. The minimum atomic E-state index is -0.881. The number of carbonyl (C=O) groups is 1. The molecule has 0 unspecified atom stereocenters. The molecule has 2 nitrogen and oxygen atoms in total. The van der Waals surface area contributed by atoms with Crippen molar-refractivity contribution in [1.82, 2.24) is 0 Å². The first kappa shape index (κ1) is 14.3. The van der Waals surface area contributed by atoms with E-state index in [4.69, 9.17) is 0 Å². The molecule has 0 spiro atoms. The molecule has 0 saturated carbocycles. The van der Waals surface area contributed by atoms with Crippen LogP contribution >= 0.6 is 0 Å². The summed E-state index contributed by atoms with van der Waals surface area (Å²) < 4.78 is 0. The van der Waals surface area contributed by atoms with Crippen molar-refractivity contribution in [3.8, 4) is 11.1 Å². The van der Waals surface area contributed by atoms with Crippen LogP contribution in [0, 0.1) is 13.8 Å². The lowest BCUT2D eigenvalue weighted by Crippen LogP contribution is -2.28. The quantitative estimate of drug-likeness (QED) is 0.899. The van der Waals surface area contributed by atoms with Crippen LogP contribution in [0.25, 0.3) is 11.1 Å². The van der Waals surface area contributed by atoms with Crippen LogP contribution in [0.15, 0.2) is 42.5 Å². The molecule has 0 saturated heterocycles. The normalized spacial score (nSPS) is 11.4. The first-order chi connectivity index (χ1) is 9.34. The van der Waals surface area contributed by atoms with Gasteiger partial charge in [-0.05, 0) is 55.5 Å². The number of rotatable bonds is 3. The summed E-state index contributed by atoms with van der Waals surface area (Å²) in [5.41, 5.74) is 4.64. The number of aliphatic carboxylic acids is 1. The number of aryl methyl sites for hydroxylation is 1. The Morgan fingerprint density at radius 3 is 2.35 bits per heavy atom. The Morgan fingerprint density at radius 2 is 1.70 bits per heavy atom. The van der Waals surface area contributed by atoms with Gasteiger partial charge in [-0.25, -0.2) is 0 Å². The highest BCUT2D eigenvalue weighted by Crippen LogP contribution is 2.30. The highest BCUT2D eigenvalue weighted by atomic mass is 16.4. The van der Waals surface area contributed by atoms with Gasteiger partial charge in [-0.2, -0.15) is 0 Å².